The first kappa shape index (κ1) is 13.5. The van der Waals surface area contributed by atoms with Crippen LogP contribution in [0.15, 0.2) is 24.3 Å². The summed E-state index contributed by atoms with van der Waals surface area (Å²) in [5, 5.41) is 0. The van der Waals surface area contributed by atoms with Gasteiger partial charge in [0.05, 0.1) is 7.11 Å². The number of fused-ring (bicyclic) bond motifs is 1. The summed E-state index contributed by atoms with van der Waals surface area (Å²) in [6.45, 7) is 7.49. The fourth-order valence-corrected chi connectivity index (χ4v) is 3.83. The number of carbonyl (C=O) groups is 1. The maximum atomic E-state index is 12.4. The van der Waals surface area contributed by atoms with Crippen molar-refractivity contribution in [1.29, 1.82) is 0 Å². The number of benzene rings is 1. The molecule has 1 saturated carbocycles. The molecule has 1 saturated heterocycles. The molecule has 0 spiro atoms. The lowest BCUT2D eigenvalue weighted by atomic mass is 9.81. The van der Waals surface area contributed by atoms with Crippen LogP contribution in [0.3, 0.4) is 0 Å². The van der Waals surface area contributed by atoms with Gasteiger partial charge in [-0.25, -0.2) is 0 Å². The maximum Gasteiger partial charge on any atom is 0.223 e. The molecule has 0 radical (unpaired) electrons. The second kappa shape index (κ2) is 4.24. The summed E-state index contributed by atoms with van der Waals surface area (Å²) in [4.78, 5) is 14.5. The number of nitrogens with zero attached hydrogens (tertiary/aromatic N) is 1. The van der Waals surface area contributed by atoms with Crippen molar-refractivity contribution in [2.45, 2.75) is 45.7 Å². The fourth-order valence-electron chi connectivity index (χ4n) is 3.83. The topological polar surface area (TPSA) is 29.5 Å². The first-order valence-electron chi connectivity index (χ1n) is 7.34. The number of likely N-dealkylation sites (tertiary alicyclic amines) is 1. The molecule has 3 atom stereocenters. The van der Waals surface area contributed by atoms with Gasteiger partial charge in [0.25, 0.3) is 0 Å². The van der Waals surface area contributed by atoms with E-state index in [0.717, 1.165) is 12.2 Å². The van der Waals surface area contributed by atoms with Gasteiger partial charge in [0.1, 0.15) is 5.75 Å². The van der Waals surface area contributed by atoms with Crippen molar-refractivity contribution in [3.63, 3.8) is 0 Å². The van der Waals surface area contributed by atoms with Crippen molar-refractivity contribution in [2.24, 2.45) is 11.3 Å². The van der Waals surface area contributed by atoms with Gasteiger partial charge in [-0.05, 0) is 42.4 Å². The van der Waals surface area contributed by atoms with Crippen molar-refractivity contribution in [1.82, 2.24) is 4.90 Å². The zero-order valence-electron chi connectivity index (χ0n) is 12.8. The smallest absolute Gasteiger partial charge is 0.223 e. The molecule has 3 unspecified atom stereocenters. The van der Waals surface area contributed by atoms with E-state index >= 15 is 0 Å². The predicted molar refractivity (Wildman–Crippen MR) is 78.5 cm³/mol. The summed E-state index contributed by atoms with van der Waals surface area (Å²) < 4.78 is 5.18. The van der Waals surface area contributed by atoms with E-state index in [4.69, 9.17) is 4.74 Å². The minimum atomic E-state index is 0.0433. The summed E-state index contributed by atoms with van der Waals surface area (Å²) in [7, 11) is 1.67. The lowest BCUT2D eigenvalue weighted by Crippen LogP contribution is -2.49. The third kappa shape index (κ3) is 1.75. The second-order valence-electron chi connectivity index (χ2n) is 6.80. The summed E-state index contributed by atoms with van der Waals surface area (Å²) in [6, 6.07) is 8.02. The van der Waals surface area contributed by atoms with Crippen molar-refractivity contribution in [3.8, 4) is 5.75 Å². The SMILES string of the molecule is COc1ccc(CN2C(=O)CC(C)C3(C)CC23C)cc1. The number of hydrogen-bond acceptors (Lipinski definition) is 2. The van der Waals surface area contributed by atoms with E-state index in [2.05, 4.69) is 25.7 Å². The van der Waals surface area contributed by atoms with Crippen LogP contribution in [0.5, 0.6) is 5.75 Å². The Balaban J connectivity index is 1.81. The van der Waals surface area contributed by atoms with Crippen LogP contribution in [0.25, 0.3) is 0 Å². The van der Waals surface area contributed by atoms with Gasteiger partial charge in [0.2, 0.25) is 5.91 Å². The van der Waals surface area contributed by atoms with Gasteiger partial charge >= 0.3 is 0 Å². The second-order valence-corrected chi connectivity index (χ2v) is 6.80. The Kier molecular flexibility index (Phi) is 2.86. The molecule has 1 aromatic rings. The van der Waals surface area contributed by atoms with E-state index < -0.39 is 0 Å². The van der Waals surface area contributed by atoms with E-state index in [-0.39, 0.29) is 5.54 Å². The molecular weight excluding hydrogens is 250 g/mol. The monoisotopic (exact) mass is 273 g/mol. The summed E-state index contributed by atoms with van der Waals surface area (Å²) >= 11 is 0. The first-order chi connectivity index (χ1) is 9.40. The standard InChI is InChI=1S/C17H23NO2/c1-12-9-15(19)18(17(3)11-16(12,17)2)10-13-5-7-14(20-4)8-6-13/h5-8,12H,9-11H2,1-4H3. The highest BCUT2D eigenvalue weighted by atomic mass is 16.5. The number of methoxy groups -OCH3 is 1. The van der Waals surface area contributed by atoms with Gasteiger partial charge in [-0.3, -0.25) is 4.79 Å². The van der Waals surface area contributed by atoms with Crippen LogP contribution >= 0.6 is 0 Å². The minimum Gasteiger partial charge on any atom is -0.497 e. The predicted octanol–water partition coefficient (Wildman–Crippen LogP) is 3.23. The Morgan fingerprint density at radius 1 is 1.30 bits per heavy atom. The lowest BCUT2D eigenvalue weighted by Gasteiger charge is -2.40. The minimum absolute atomic E-state index is 0.0433. The van der Waals surface area contributed by atoms with E-state index in [0.29, 0.717) is 30.2 Å². The molecule has 1 amide bonds. The van der Waals surface area contributed by atoms with Crippen LogP contribution in [0, 0.1) is 11.3 Å². The van der Waals surface area contributed by atoms with Crippen LogP contribution in [0.1, 0.15) is 39.2 Å². The number of amides is 1. The molecule has 0 aromatic heterocycles. The van der Waals surface area contributed by atoms with Gasteiger partial charge in [-0.15, -0.1) is 0 Å². The van der Waals surface area contributed by atoms with Crippen LogP contribution < -0.4 is 4.74 Å². The van der Waals surface area contributed by atoms with Gasteiger partial charge in [-0.2, -0.15) is 0 Å². The van der Waals surface area contributed by atoms with Gasteiger partial charge in [0.15, 0.2) is 0 Å². The molecule has 2 fully saturated rings. The van der Waals surface area contributed by atoms with Crippen LogP contribution in [-0.2, 0) is 11.3 Å². The molecule has 3 nitrogen and oxygen atoms in total. The largest absolute Gasteiger partial charge is 0.497 e. The third-order valence-electron chi connectivity index (χ3n) is 5.78. The molecule has 1 aromatic carbocycles. The Morgan fingerprint density at radius 2 is 1.95 bits per heavy atom. The molecule has 1 heterocycles. The van der Waals surface area contributed by atoms with Crippen LogP contribution in [0.2, 0.25) is 0 Å². The third-order valence-corrected chi connectivity index (χ3v) is 5.78. The molecular formula is C17H23NO2. The Bertz CT molecular complexity index is 538. The lowest BCUT2D eigenvalue weighted by molar-refractivity contribution is -0.141. The molecule has 1 aliphatic heterocycles. The summed E-state index contributed by atoms with van der Waals surface area (Å²) in [5.41, 5.74) is 1.51. The van der Waals surface area contributed by atoms with Gasteiger partial charge < -0.3 is 9.64 Å². The first-order valence-corrected chi connectivity index (χ1v) is 7.34. The number of ether oxygens (including phenoxy) is 1. The number of rotatable bonds is 3. The Hall–Kier alpha value is -1.51. The van der Waals surface area contributed by atoms with E-state index in [9.17, 15) is 4.79 Å². The van der Waals surface area contributed by atoms with Gasteiger partial charge in [-0.1, -0.05) is 26.0 Å². The summed E-state index contributed by atoms with van der Waals surface area (Å²) in [5.74, 6) is 1.65. The van der Waals surface area contributed by atoms with E-state index in [1.165, 1.54) is 5.56 Å². The van der Waals surface area contributed by atoms with Crippen LogP contribution in [-0.4, -0.2) is 23.5 Å². The van der Waals surface area contributed by atoms with Crippen molar-refractivity contribution in [2.75, 3.05) is 7.11 Å². The van der Waals surface area contributed by atoms with E-state index in [1.54, 1.807) is 7.11 Å². The number of hydrogen-bond donors (Lipinski definition) is 0. The Morgan fingerprint density at radius 3 is 2.55 bits per heavy atom. The quantitative estimate of drug-likeness (QED) is 0.846. The average molecular weight is 273 g/mol. The molecule has 1 aliphatic carbocycles. The zero-order chi connectivity index (χ0) is 14.5. The molecule has 3 rings (SSSR count). The normalized spacial score (nSPS) is 35.7. The highest BCUT2D eigenvalue weighted by Crippen LogP contribution is 2.67. The van der Waals surface area contributed by atoms with Crippen molar-refractivity contribution >= 4 is 5.91 Å². The van der Waals surface area contributed by atoms with Crippen LogP contribution in [0.4, 0.5) is 0 Å². The van der Waals surface area contributed by atoms with Crippen molar-refractivity contribution in [3.05, 3.63) is 29.8 Å². The molecule has 0 N–H and O–H groups in total. The van der Waals surface area contributed by atoms with Crippen molar-refractivity contribution < 1.29 is 9.53 Å². The molecule has 2 aliphatic rings. The molecule has 20 heavy (non-hydrogen) atoms. The Labute approximate surface area is 120 Å². The molecule has 3 heteroatoms. The fraction of sp³-hybridized carbons (Fsp3) is 0.588. The molecule has 108 valence electrons. The highest BCUT2D eigenvalue weighted by molar-refractivity contribution is 5.80. The highest BCUT2D eigenvalue weighted by Gasteiger charge is 2.69. The van der Waals surface area contributed by atoms with Gasteiger partial charge in [0, 0.05) is 18.5 Å². The average Bonchev–Trinajstić information content (AvgIpc) is 3.01. The van der Waals surface area contributed by atoms with E-state index in [1.807, 2.05) is 24.3 Å². The maximum absolute atomic E-state index is 12.4. The summed E-state index contributed by atoms with van der Waals surface area (Å²) in [6.07, 6.45) is 1.81. The number of carbonyl (C=O) groups excluding carboxylic acids is 1. The number of piperidine rings is 1. The molecule has 0 bridgehead atoms. The zero-order valence-corrected chi connectivity index (χ0v) is 12.8.